The summed E-state index contributed by atoms with van der Waals surface area (Å²) >= 11 is 6.66. The summed E-state index contributed by atoms with van der Waals surface area (Å²) in [6.07, 6.45) is 2.85. The van der Waals surface area contributed by atoms with Gasteiger partial charge in [0.15, 0.2) is 0 Å². The number of benzene rings is 2. The first-order valence-corrected chi connectivity index (χ1v) is 9.28. The molecule has 0 N–H and O–H groups in total. The molecule has 5 heteroatoms. The Morgan fingerprint density at radius 3 is 2.71 bits per heavy atom. The van der Waals surface area contributed by atoms with Crippen molar-refractivity contribution in [3.05, 3.63) is 46.9 Å². The molecule has 0 saturated carbocycles. The van der Waals surface area contributed by atoms with E-state index < -0.39 is 0 Å². The van der Waals surface area contributed by atoms with E-state index in [1.165, 1.54) is 11.8 Å². The summed E-state index contributed by atoms with van der Waals surface area (Å²) in [5, 5.41) is 2.20. The summed E-state index contributed by atoms with van der Waals surface area (Å²) in [6, 6.07) is 12.2. The average Bonchev–Trinajstić information content (AvgIpc) is 2.87. The molecule has 3 nitrogen and oxygen atoms in total. The lowest BCUT2D eigenvalue weighted by Gasteiger charge is -2.12. The van der Waals surface area contributed by atoms with Gasteiger partial charge < -0.3 is 4.74 Å². The third-order valence-electron chi connectivity index (χ3n) is 3.86. The topological polar surface area (TPSA) is 29.5 Å². The van der Waals surface area contributed by atoms with E-state index in [0.717, 1.165) is 28.5 Å². The zero-order valence-electron chi connectivity index (χ0n) is 13.7. The molecule has 1 amide bonds. The molecule has 0 aliphatic carbocycles. The molecule has 1 aliphatic rings. The number of amides is 1. The molecule has 1 aliphatic heterocycles. The smallest absolute Gasteiger partial charge is 0.266 e. The van der Waals surface area contributed by atoms with Gasteiger partial charge in [0, 0.05) is 12.1 Å². The Hall–Kier alpha value is -1.85. The van der Waals surface area contributed by atoms with Crippen molar-refractivity contribution in [3.63, 3.8) is 0 Å². The Morgan fingerprint density at radius 2 is 2.00 bits per heavy atom. The zero-order valence-corrected chi connectivity index (χ0v) is 15.4. The predicted molar refractivity (Wildman–Crippen MR) is 105 cm³/mol. The van der Waals surface area contributed by atoms with E-state index in [4.69, 9.17) is 17.0 Å². The van der Waals surface area contributed by atoms with Crippen LogP contribution in [0.5, 0.6) is 5.75 Å². The molecule has 2 aromatic rings. The van der Waals surface area contributed by atoms with Crippen molar-refractivity contribution in [2.75, 3.05) is 13.2 Å². The minimum Gasteiger partial charge on any atom is -0.493 e. The van der Waals surface area contributed by atoms with Gasteiger partial charge in [-0.2, -0.15) is 0 Å². The molecule has 1 heterocycles. The lowest BCUT2D eigenvalue weighted by molar-refractivity contribution is -0.121. The maximum atomic E-state index is 12.5. The van der Waals surface area contributed by atoms with E-state index in [1.54, 1.807) is 4.90 Å². The van der Waals surface area contributed by atoms with Crippen LogP contribution in [0.4, 0.5) is 0 Å². The second kappa shape index (κ2) is 7.36. The Labute approximate surface area is 151 Å². The van der Waals surface area contributed by atoms with Crippen LogP contribution in [0, 0.1) is 0 Å². The van der Waals surface area contributed by atoms with Crippen LogP contribution in [0.1, 0.15) is 25.8 Å². The number of thiocarbonyl (C=S) groups is 1. The maximum absolute atomic E-state index is 12.5. The van der Waals surface area contributed by atoms with Gasteiger partial charge in [0.05, 0.1) is 11.5 Å². The van der Waals surface area contributed by atoms with E-state index in [2.05, 4.69) is 25.1 Å². The molecule has 0 atom stereocenters. The lowest BCUT2D eigenvalue weighted by atomic mass is 10.0. The van der Waals surface area contributed by atoms with Gasteiger partial charge >= 0.3 is 0 Å². The van der Waals surface area contributed by atoms with Crippen LogP contribution in [-0.2, 0) is 4.79 Å². The Bertz CT molecular complexity index is 829. The quantitative estimate of drug-likeness (QED) is 0.565. The number of rotatable bonds is 5. The predicted octanol–water partition coefficient (Wildman–Crippen LogP) is 4.85. The summed E-state index contributed by atoms with van der Waals surface area (Å²) in [5.74, 6) is 0.777. The van der Waals surface area contributed by atoms with Crippen molar-refractivity contribution in [3.8, 4) is 5.75 Å². The van der Waals surface area contributed by atoms with Crippen molar-refractivity contribution in [2.45, 2.75) is 20.3 Å². The fraction of sp³-hybridized carbons (Fsp3) is 0.263. The van der Waals surface area contributed by atoms with Crippen LogP contribution < -0.4 is 4.74 Å². The van der Waals surface area contributed by atoms with Crippen LogP contribution in [-0.4, -0.2) is 28.3 Å². The molecule has 1 saturated heterocycles. The Balaban J connectivity index is 2.11. The number of fused-ring (bicyclic) bond motifs is 1. The van der Waals surface area contributed by atoms with Gasteiger partial charge in [-0.1, -0.05) is 61.2 Å². The number of thioether (sulfide) groups is 1. The van der Waals surface area contributed by atoms with Crippen molar-refractivity contribution in [2.24, 2.45) is 0 Å². The first-order valence-electron chi connectivity index (χ1n) is 8.05. The first-order chi connectivity index (χ1) is 11.7. The Kier molecular flexibility index (Phi) is 5.21. The van der Waals surface area contributed by atoms with Gasteiger partial charge in [-0.05, 0) is 36.3 Å². The third kappa shape index (κ3) is 3.19. The van der Waals surface area contributed by atoms with Crippen molar-refractivity contribution < 1.29 is 9.53 Å². The normalized spacial score (nSPS) is 16.4. The van der Waals surface area contributed by atoms with Crippen LogP contribution in [0.25, 0.3) is 16.8 Å². The summed E-state index contributed by atoms with van der Waals surface area (Å²) in [6.45, 7) is 5.25. The van der Waals surface area contributed by atoms with Gasteiger partial charge in [0.2, 0.25) is 0 Å². The molecular formula is C19H19NO2S2. The molecule has 0 radical (unpaired) electrons. The highest BCUT2D eigenvalue weighted by Crippen LogP contribution is 2.36. The molecule has 3 rings (SSSR count). The maximum Gasteiger partial charge on any atom is 0.266 e. The molecule has 0 spiro atoms. The van der Waals surface area contributed by atoms with Crippen molar-refractivity contribution in [1.82, 2.24) is 4.90 Å². The average molecular weight is 358 g/mol. The summed E-state index contributed by atoms with van der Waals surface area (Å²) in [5.41, 5.74) is 0.943. The molecule has 0 bridgehead atoms. The van der Waals surface area contributed by atoms with Crippen LogP contribution in [0.3, 0.4) is 0 Å². The molecule has 0 unspecified atom stereocenters. The van der Waals surface area contributed by atoms with E-state index >= 15 is 0 Å². The van der Waals surface area contributed by atoms with Gasteiger partial charge in [0.1, 0.15) is 10.1 Å². The molecule has 1 fully saturated rings. The highest BCUT2D eigenvalue weighted by Gasteiger charge is 2.31. The van der Waals surface area contributed by atoms with E-state index in [1.807, 2.05) is 31.2 Å². The standard InChI is InChI=1S/C19H19NO2S2/c1-3-11-22-16-10-9-13-7-5-6-8-14(13)15(16)12-17-18(21)20(4-2)19(23)24-17/h5-10,12H,3-4,11H2,1-2H3/b17-12+. The van der Waals surface area contributed by atoms with Gasteiger partial charge in [-0.3, -0.25) is 9.69 Å². The molecular weight excluding hydrogens is 338 g/mol. The van der Waals surface area contributed by atoms with Crippen molar-refractivity contribution >= 4 is 51.1 Å². The van der Waals surface area contributed by atoms with Gasteiger partial charge in [-0.25, -0.2) is 0 Å². The number of hydrogen-bond donors (Lipinski definition) is 0. The number of carbonyl (C=O) groups excluding carboxylic acids is 1. The van der Waals surface area contributed by atoms with Crippen molar-refractivity contribution in [1.29, 1.82) is 0 Å². The minimum atomic E-state index is -0.0260. The summed E-state index contributed by atoms with van der Waals surface area (Å²) in [7, 11) is 0. The number of carbonyl (C=O) groups is 1. The second-order valence-corrected chi connectivity index (χ2v) is 7.15. The van der Waals surface area contributed by atoms with Gasteiger partial charge in [0.25, 0.3) is 5.91 Å². The third-order valence-corrected chi connectivity index (χ3v) is 5.24. The highest BCUT2D eigenvalue weighted by molar-refractivity contribution is 8.26. The number of hydrogen-bond acceptors (Lipinski definition) is 4. The number of nitrogens with zero attached hydrogens (tertiary/aromatic N) is 1. The summed E-state index contributed by atoms with van der Waals surface area (Å²) < 4.78 is 6.52. The number of likely N-dealkylation sites (N-methyl/N-ethyl adjacent to an activating group) is 1. The zero-order chi connectivity index (χ0) is 17.1. The summed E-state index contributed by atoms with van der Waals surface area (Å²) in [4.78, 5) is 14.8. The molecule has 24 heavy (non-hydrogen) atoms. The van der Waals surface area contributed by atoms with E-state index in [9.17, 15) is 4.79 Å². The first kappa shape index (κ1) is 17.0. The minimum absolute atomic E-state index is 0.0260. The SMILES string of the molecule is CCCOc1ccc2ccccc2c1/C=C1/SC(=S)N(CC)C1=O. The molecule has 0 aromatic heterocycles. The fourth-order valence-electron chi connectivity index (χ4n) is 2.67. The number of ether oxygens (including phenoxy) is 1. The molecule has 2 aromatic carbocycles. The largest absolute Gasteiger partial charge is 0.493 e. The van der Waals surface area contributed by atoms with E-state index in [-0.39, 0.29) is 5.91 Å². The van der Waals surface area contributed by atoms with Crippen LogP contribution in [0.15, 0.2) is 41.3 Å². The van der Waals surface area contributed by atoms with Crippen LogP contribution >= 0.6 is 24.0 Å². The van der Waals surface area contributed by atoms with Crippen LogP contribution in [0.2, 0.25) is 0 Å². The van der Waals surface area contributed by atoms with Gasteiger partial charge in [-0.15, -0.1) is 0 Å². The Morgan fingerprint density at radius 1 is 1.21 bits per heavy atom. The lowest BCUT2D eigenvalue weighted by Crippen LogP contribution is -2.27. The molecule has 124 valence electrons. The van der Waals surface area contributed by atoms with E-state index in [0.29, 0.717) is 22.4 Å². The highest BCUT2D eigenvalue weighted by atomic mass is 32.2. The fourth-order valence-corrected chi connectivity index (χ4v) is 4.03. The second-order valence-electron chi connectivity index (χ2n) is 5.47. The monoisotopic (exact) mass is 357 g/mol.